The molecule has 1 aromatic heterocycles. The third kappa shape index (κ3) is 2.87. The number of hydrogen-bond donors (Lipinski definition) is 1. The Morgan fingerprint density at radius 3 is 2.70 bits per heavy atom. The van der Waals surface area contributed by atoms with Crippen molar-refractivity contribution in [2.24, 2.45) is 11.8 Å². The highest BCUT2D eigenvalue weighted by Gasteiger charge is 2.39. The van der Waals surface area contributed by atoms with Crippen LogP contribution in [0.1, 0.15) is 38.4 Å². The summed E-state index contributed by atoms with van der Waals surface area (Å²) in [4.78, 5) is 12.0. The number of hydrogen-bond acceptors (Lipinski definition) is 3. The van der Waals surface area contributed by atoms with E-state index in [9.17, 15) is 4.79 Å². The first-order valence-electron chi connectivity index (χ1n) is 8.56. The fourth-order valence-electron chi connectivity index (χ4n) is 3.32. The molecule has 120 valence electrons. The van der Waals surface area contributed by atoms with Gasteiger partial charge >= 0.3 is 0 Å². The van der Waals surface area contributed by atoms with E-state index >= 15 is 0 Å². The molecule has 23 heavy (non-hydrogen) atoms. The predicted octanol–water partition coefficient (Wildman–Crippen LogP) is 3.27. The van der Waals surface area contributed by atoms with Gasteiger partial charge in [0.05, 0.1) is 0 Å². The van der Waals surface area contributed by atoms with Gasteiger partial charge in [-0.05, 0) is 49.4 Å². The van der Waals surface area contributed by atoms with E-state index < -0.39 is 0 Å². The van der Waals surface area contributed by atoms with Crippen LogP contribution in [0.5, 0.6) is 0 Å². The van der Waals surface area contributed by atoms with Gasteiger partial charge in [-0.25, -0.2) is 0 Å². The molecule has 1 aliphatic carbocycles. The van der Waals surface area contributed by atoms with Crippen molar-refractivity contribution < 1.29 is 4.79 Å². The van der Waals surface area contributed by atoms with Crippen molar-refractivity contribution in [2.45, 2.75) is 45.6 Å². The van der Waals surface area contributed by atoms with Gasteiger partial charge in [-0.2, -0.15) is 0 Å². The molecule has 0 saturated heterocycles. The van der Waals surface area contributed by atoms with Gasteiger partial charge < -0.3 is 9.88 Å². The molecule has 0 spiro atoms. The van der Waals surface area contributed by atoms with Crippen molar-refractivity contribution in [3.63, 3.8) is 0 Å². The first-order chi connectivity index (χ1) is 11.2. The van der Waals surface area contributed by atoms with Gasteiger partial charge in [0.1, 0.15) is 5.82 Å². The Hall–Kier alpha value is -2.17. The summed E-state index contributed by atoms with van der Waals surface area (Å²) in [6, 6.07) is 7.96. The smallest absolute Gasteiger partial charge is 0.227 e. The lowest BCUT2D eigenvalue weighted by Crippen LogP contribution is -2.14. The van der Waals surface area contributed by atoms with E-state index in [-0.39, 0.29) is 11.8 Å². The molecule has 2 aromatic rings. The van der Waals surface area contributed by atoms with Crippen LogP contribution in [0.2, 0.25) is 0 Å². The fraction of sp³-hybridized carbons (Fsp3) is 0.500. The molecule has 0 unspecified atom stereocenters. The second kappa shape index (κ2) is 5.80. The maximum atomic E-state index is 12.0. The largest absolute Gasteiger partial charge is 0.326 e. The summed E-state index contributed by atoms with van der Waals surface area (Å²) in [7, 11) is 0. The molecule has 1 aliphatic heterocycles. The molecular weight excluding hydrogens is 288 g/mol. The van der Waals surface area contributed by atoms with Gasteiger partial charge in [-0.15, -0.1) is 10.2 Å². The third-order valence-electron chi connectivity index (χ3n) is 4.97. The van der Waals surface area contributed by atoms with Crippen molar-refractivity contribution in [1.82, 2.24) is 14.8 Å². The average molecular weight is 310 g/mol. The maximum Gasteiger partial charge on any atom is 0.227 e. The number of aromatic nitrogens is 3. The van der Waals surface area contributed by atoms with Gasteiger partial charge in [0, 0.05) is 30.1 Å². The zero-order valence-corrected chi connectivity index (χ0v) is 13.5. The minimum Gasteiger partial charge on any atom is -0.326 e. The van der Waals surface area contributed by atoms with Crippen molar-refractivity contribution in [3.8, 4) is 11.4 Å². The second-order valence-electron chi connectivity index (χ2n) is 6.79. The summed E-state index contributed by atoms with van der Waals surface area (Å²) in [5, 5.41) is 11.7. The van der Waals surface area contributed by atoms with Gasteiger partial charge in [0.25, 0.3) is 0 Å². The van der Waals surface area contributed by atoms with Crippen LogP contribution < -0.4 is 5.32 Å². The van der Waals surface area contributed by atoms with Crippen LogP contribution >= 0.6 is 0 Å². The van der Waals surface area contributed by atoms with E-state index in [1.807, 2.05) is 24.3 Å². The van der Waals surface area contributed by atoms with Crippen LogP contribution in [0.4, 0.5) is 5.69 Å². The van der Waals surface area contributed by atoms with Crippen LogP contribution in [0.15, 0.2) is 24.3 Å². The van der Waals surface area contributed by atoms with Crippen molar-refractivity contribution in [3.05, 3.63) is 30.1 Å². The Labute approximate surface area is 136 Å². The number of fused-ring (bicyclic) bond motifs is 1. The minimum absolute atomic E-state index is 0.140. The zero-order valence-electron chi connectivity index (χ0n) is 13.5. The SMILES string of the molecule is C[C@H]1C[C@@H]1C(=O)Nc1ccc(-c2nnc3n2CCCCC3)cc1. The molecule has 1 fully saturated rings. The molecule has 2 aliphatic rings. The van der Waals surface area contributed by atoms with E-state index in [1.54, 1.807) is 0 Å². The molecule has 1 saturated carbocycles. The summed E-state index contributed by atoms with van der Waals surface area (Å²) in [6.45, 7) is 3.11. The fourth-order valence-corrected chi connectivity index (χ4v) is 3.32. The van der Waals surface area contributed by atoms with E-state index in [2.05, 4.69) is 27.0 Å². The number of carbonyl (C=O) groups is 1. The van der Waals surface area contributed by atoms with Crippen LogP contribution in [0.25, 0.3) is 11.4 Å². The molecule has 2 heterocycles. The minimum atomic E-state index is 0.140. The van der Waals surface area contributed by atoms with Crippen LogP contribution in [0.3, 0.4) is 0 Å². The molecule has 2 atom stereocenters. The summed E-state index contributed by atoms with van der Waals surface area (Å²) < 4.78 is 2.24. The highest BCUT2D eigenvalue weighted by Crippen LogP contribution is 2.38. The van der Waals surface area contributed by atoms with Crippen LogP contribution in [0, 0.1) is 11.8 Å². The molecule has 4 rings (SSSR count). The number of rotatable bonds is 3. The lowest BCUT2D eigenvalue weighted by Gasteiger charge is -2.08. The monoisotopic (exact) mass is 310 g/mol. The highest BCUT2D eigenvalue weighted by atomic mass is 16.2. The Kier molecular flexibility index (Phi) is 3.63. The summed E-state index contributed by atoms with van der Waals surface area (Å²) in [5.74, 6) is 2.90. The quantitative estimate of drug-likeness (QED) is 0.946. The summed E-state index contributed by atoms with van der Waals surface area (Å²) >= 11 is 0. The van der Waals surface area contributed by atoms with Gasteiger partial charge in [-0.3, -0.25) is 4.79 Å². The van der Waals surface area contributed by atoms with Crippen LogP contribution in [-0.4, -0.2) is 20.7 Å². The van der Waals surface area contributed by atoms with Gasteiger partial charge in [-0.1, -0.05) is 13.3 Å². The first-order valence-corrected chi connectivity index (χ1v) is 8.56. The summed E-state index contributed by atoms with van der Waals surface area (Å²) in [5.41, 5.74) is 1.91. The van der Waals surface area contributed by atoms with E-state index in [0.29, 0.717) is 5.92 Å². The molecule has 1 N–H and O–H groups in total. The zero-order chi connectivity index (χ0) is 15.8. The van der Waals surface area contributed by atoms with E-state index in [4.69, 9.17) is 0 Å². The number of nitrogens with zero attached hydrogens (tertiary/aromatic N) is 3. The molecule has 0 radical (unpaired) electrons. The molecular formula is C18H22N4O. The highest BCUT2D eigenvalue weighted by molar-refractivity contribution is 5.94. The predicted molar refractivity (Wildman–Crippen MR) is 88.9 cm³/mol. The van der Waals surface area contributed by atoms with Crippen molar-refractivity contribution in [1.29, 1.82) is 0 Å². The number of aryl methyl sites for hydroxylation is 1. The van der Waals surface area contributed by atoms with Crippen molar-refractivity contribution in [2.75, 3.05) is 5.32 Å². The lowest BCUT2D eigenvalue weighted by atomic mass is 10.2. The number of anilines is 1. The molecule has 1 amide bonds. The topological polar surface area (TPSA) is 59.8 Å². The van der Waals surface area contributed by atoms with Gasteiger partial charge in [0.15, 0.2) is 5.82 Å². The molecule has 5 nitrogen and oxygen atoms in total. The number of benzene rings is 1. The summed E-state index contributed by atoms with van der Waals surface area (Å²) in [6.07, 6.45) is 5.66. The van der Waals surface area contributed by atoms with Crippen LogP contribution in [-0.2, 0) is 17.8 Å². The number of amides is 1. The molecule has 0 bridgehead atoms. The standard InChI is InChI=1S/C18H22N4O/c1-12-11-15(12)18(23)19-14-8-6-13(7-9-14)17-21-20-16-5-3-2-4-10-22(16)17/h6-9,12,15H,2-5,10-11H2,1H3,(H,19,23)/t12-,15-/m0/s1. The van der Waals surface area contributed by atoms with E-state index in [0.717, 1.165) is 42.3 Å². The van der Waals surface area contributed by atoms with Crippen molar-refractivity contribution >= 4 is 11.6 Å². The number of nitrogens with one attached hydrogen (secondary N) is 1. The molecule has 5 heteroatoms. The molecule has 1 aromatic carbocycles. The Bertz CT molecular complexity index is 719. The second-order valence-corrected chi connectivity index (χ2v) is 6.79. The average Bonchev–Trinajstić information content (AvgIpc) is 3.24. The van der Waals surface area contributed by atoms with E-state index in [1.165, 1.54) is 19.3 Å². The normalized spacial score (nSPS) is 23.0. The lowest BCUT2D eigenvalue weighted by molar-refractivity contribution is -0.117. The third-order valence-corrected chi connectivity index (χ3v) is 4.97. The Balaban J connectivity index is 1.52. The number of carbonyl (C=O) groups excluding carboxylic acids is 1. The Morgan fingerprint density at radius 2 is 1.96 bits per heavy atom. The first kappa shape index (κ1) is 14.4. The van der Waals surface area contributed by atoms with Gasteiger partial charge in [0.2, 0.25) is 5.91 Å². The Morgan fingerprint density at radius 1 is 1.17 bits per heavy atom. The maximum absolute atomic E-state index is 12.0.